The highest BCUT2D eigenvalue weighted by Gasteiger charge is 2.47. The summed E-state index contributed by atoms with van der Waals surface area (Å²) < 4.78 is 12.8. The highest BCUT2D eigenvalue weighted by Crippen LogP contribution is 2.35. The van der Waals surface area contributed by atoms with Crippen molar-refractivity contribution in [3.05, 3.63) is 53.0 Å². The summed E-state index contributed by atoms with van der Waals surface area (Å²) in [5.41, 5.74) is 11.0. The number of nitrogens with zero attached hydrogens (tertiary/aromatic N) is 6. The zero-order chi connectivity index (χ0) is 24.0. The van der Waals surface area contributed by atoms with E-state index in [9.17, 15) is 0 Å². The van der Waals surface area contributed by atoms with Crippen molar-refractivity contribution in [2.75, 3.05) is 44.3 Å². The summed E-state index contributed by atoms with van der Waals surface area (Å²) in [5.74, 6) is 2.38. The second-order valence-corrected chi connectivity index (χ2v) is 9.64. The minimum Gasteiger partial charge on any atom is -0.496 e. The Balaban J connectivity index is 1.22. The molecule has 2 aliphatic heterocycles. The number of likely N-dealkylation sites (tertiary alicyclic amines) is 1. The SMILES string of the molecule is COc1cc(CN2CC3(CNC3)C2)ccc1Cn1ncc2nc(N)nc(NCc3cc(C)on3)c21. The van der Waals surface area contributed by atoms with Crippen LogP contribution < -0.4 is 21.1 Å². The van der Waals surface area contributed by atoms with Crippen LogP contribution in [-0.2, 0) is 19.6 Å². The van der Waals surface area contributed by atoms with Gasteiger partial charge in [0.1, 0.15) is 28.2 Å². The van der Waals surface area contributed by atoms with Crippen LogP contribution in [-0.4, -0.2) is 63.1 Å². The van der Waals surface area contributed by atoms with E-state index in [2.05, 4.69) is 54.0 Å². The van der Waals surface area contributed by atoms with Crippen molar-refractivity contribution in [1.82, 2.24) is 35.1 Å². The van der Waals surface area contributed by atoms with Gasteiger partial charge in [-0.1, -0.05) is 17.3 Å². The maximum atomic E-state index is 5.95. The first kappa shape index (κ1) is 21.8. The fraction of sp³-hybridized carbons (Fsp3) is 0.417. The number of aryl methyl sites for hydroxylation is 1. The molecular formula is C24H29N9O2. The predicted octanol–water partition coefficient (Wildman–Crippen LogP) is 1.78. The molecule has 4 aromatic rings. The number of methoxy groups -OCH3 is 1. The molecule has 2 fully saturated rings. The number of fused-ring (bicyclic) bond motifs is 1. The third-order valence-corrected chi connectivity index (χ3v) is 6.82. The van der Waals surface area contributed by atoms with Gasteiger partial charge in [-0.2, -0.15) is 10.1 Å². The normalized spacial score (nSPS) is 16.9. The number of rotatable bonds is 8. The lowest BCUT2D eigenvalue weighted by Gasteiger charge is -2.56. The number of nitrogens with one attached hydrogen (secondary N) is 2. The maximum Gasteiger partial charge on any atom is 0.222 e. The van der Waals surface area contributed by atoms with Crippen molar-refractivity contribution in [1.29, 1.82) is 0 Å². The summed E-state index contributed by atoms with van der Waals surface area (Å²) in [6.07, 6.45) is 1.70. The fourth-order valence-corrected chi connectivity index (χ4v) is 5.09. The average Bonchev–Trinajstić information content (AvgIpc) is 3.39. The second kappa shape index (κ2) is 8.51. The van der Waals surface area contributed by atoms with Crippen molar-refractivity contribution in [3.63, 3.8) is 0 Å². The Bertz CT molecular complexity index is 1370. The molecule has 3 aromatic heterocycles. The number of hydrogen-bond acceptors (Lipinski definition) is 10. The van der Waals surface area contributed by atoms with Crippen molar-refractivity contribution < 1.29 is 9.26 Å². The summed E-state index contributed by atoms with van der Waals surface area (Å²) in [7, 11) is 1.71. The summed E-state index contributed by atoms with van der Waals surface area (Å²) >= 11 is 0. The lowest BCUT2D eigenvalue weighted by Crippen LogP contribution is -2.70. The Hall–Kier alpha value is -3.70. The van der Waals surface area contributed by atoms with E-state index in [0.29, 0.717) is 29.8 Å². The van der Waals surface area contributed by atoms with Crippen LogP contribution in [0.25, 0.3) is 11.0 Å². The number of nitrogen functional groups attached to an aromatic ring is 1. The Morgan fingerprint density at radius 1 is 1.20 bits per heavy atom. The average molecular weight is 476 g/mol. The summed E-state index contributed by atoms with van der Waals surface area (Å²) in [6.45, 7) is 8.37. The van der Waals surface area contributed by atoms with E-state index in [4.69, 9.17) is 15.0 Å². The molecule has 1 aromatic carbocycles. The zero-order valence-electron chi connectivity index (χ0n) is 19.9. The molecule has 6 rings (SSSR count). The van der Waals surface area contributed by atoms with Gasteiger partial charge in [-0.05, 0) is 18.6 Å². The Morgan fingerprint density at radius 2 is 2.06 bits per heavy atom. The van der Waals surface area contributed by atoms with Crippen LogP contribution in [0.2, 0.25) is 0 Å². The molecular weight excluding hydrogens is 446 g/mol. The molecule has 0 saturated carbocycles. The van der Waals surface area contributed by atoms with Crippen LogP contribution in [0.4, 0.5) is 11.8 Å². The van der Waals surface area contributed by atoms with Gasteiger partial charge in [0.05, 0.1) is 26.4 Å². The molecule has 11 heteroatoms. The molecule has 0 bridgehead atoms. The Morgan fingerprint density at radius 3 is 2.77 bits per heavy atom. The molecule has 11 nitrogen and oxygen atoms in total. The van der Waals surface area contributed by atoms with E-state index < -0.39 is 0 Å². The largest absolute Gasteiger partial charge is 0.496 e. The summed E-state index contributed by atoms with van der Waals surface area (Å²) in [6, 6.07) is 8.30. The van der Waals surface area contributed by atoms with Gasteiger partial charge < -0.3 is 25.6 Å². The monoisotopic (exact) mass is 475 g/mol. The van der Waals surface area contributed by atoms with Crippen molar-refractivity contribution in [2.24, 2.45) is 5.41 Å². The maximum absolute atomic E-state index is 5.95. The second-order valence-electron chi connectivity index (χ2n) is 9.64. The number of aromatic nitrogens is 5. The van der Waals surface area contributed by atoms with E-state index in [1.54, 1.807) is 13.3 Å². The van der Waals surface area contributed by atoms with E-state index in [1.165, 1.54) is 5.56 Å². The molecule has 0 atom stereocenters. The molecule has 35 heavy (non-hydrogen) atoms. The predicted molar refractivity (Wildman–Crippen MR) is 131 cm³/mol. The van der Waals surface area contributed by atoms with Crippen molar-refractivity contribution in [3.8, 4) is 5.75 Å². The lowest BCUT2D eigenvalue weighted by molar-refractivity contribution is -0.0444. The number of hydrogen-bond donors (Lipinski definition) is 3. The summed E-state index contributed by atoms with van der Waals surface area (Å²) in [4.78, 5) is 11.3. The standard InChI is InChI=1S/C24H29N9O2/c1-15-5-18(31-35-15)7-27-22-21-19(29-23(25)30-22)8-28-33(21)10-17-4-3-16(6-20(17)34-2)9-32-13-24(14-32)11-26-12-24/h3-6,8,26H,7,9-14H2,1-2H3,(H3,25,27,29,30). The molecule has 0 unspecified atom stereocenters. The van der Waals surface area contributed by atoms with Gasteiger partial charge in [-0.25, -0.2) is 4.98 Å². The van der Waals surface area contributed by atoms with Gasteiger partial charge in [0.25, 0.3) is 0 Å². The van der Waals surface area contributed by atoms with E-state index in [1.807, 2.05) is 17.7 Å². The Labute approximate surface area is 202 Å². The highest BCUT2D eigenvalue weighted by molar-refractivity contribution is 5.86. The quantitative estimate of drug-likeness (QED) is 0.346. The van der Waals surface area contributed by atoms with Gasteiger partial charge in [0, 0.05) is 49.8 Å². The van der Waals surface area contributed by atoms with Crippen molar-refractivity contribution in [2.45, 2.75) is 26.6 Å². The molecule has 1 spiro atoms. The van der Waals surface area contributed by atoms with Gasteiger partial charge in [-0.3, -0.25) is 9.58 Å². The first-order valence-corrected chi connectivity index (χ1v) is 11.7. The van der Waals surface area contributed by atoms with Crippen LogP contribution in [0.1, 0.15) is 22.6 Å². The molecule has 4 N–H and O–H groups in total. The van der Waals surface area contributed by atoms with Crippen LogP contribution in [0.15, 0.2) is 35.0 Å². The molecule has 0 radical (unpaired) electrons. The minimum absolute atomic E-state index is 0.184. The van der Waals surface area contributed by atoms with Crippen molar-refractivity contribution >= 4 is 22.8 Å². The van der Waals surface area contributed by atoms with Gasteiger partial charge >= 0.3 is 0 Å². The third kappa shape index (κ3) is 4.17. The molecule has 5 heterocycles. The third-order valence-electron chi connectivity index (χ3n) is 6.82. The van der Waals surface area contributed by atoms with Gasteiger partial charge in [-0.15, -0.1) is 0 Å². The van der Waals surface area contributed by atoms with Gasteiger partial charge in [0.15, 0.2) is 5.82 Å². The topological polar surface area (TPSA) is 132 Å². The molecule has 0 amide bonds. The lowest BCUT2D eigenvalue weighted by atomic mass is 9.74. The Kier molecular flexibility index (Phi) is 5.30. The number of nitrogens with two attached hydrogens (primary N) is 1. The van der Waals surface area contributed by atoms with Crippen LogP contribution >= 0.6 is 0 Å². The molecule has 2 aliphatic rings. The first-order valence-electron chi connectivity index (χ1n) is 11.7. The van der Waals surface area contributed by atoms with E-state index in [-0.39, 0.29) is 5.95 Å². The smallest absolute Gasteiger partial charge is 0.222 e. The van der Waals surface area contributed by atoms with Crippen LogP contribution in [0.3, 0.4) is 0 Å². The van der Waals surface area contributed by atoms with Gasteiger partial charge in [0.2, 0.25) is 5.95 Å². The van der Waals surface area contributed by atoms with Crippen LogP contribution in [0, 0.1) is 12.3 Å². The zero-order valence-corrected chi connectivity index (χ0v) is 19.9. The highest BCUT2D eigenvalue weighted by atomic mass is 16.5. The summed E-state index contributed by atoms with van der Waals surface area (Å²) in [5, 5.41) is 15.3. The molecule has 2 saturated heterocycles. The first-order chi connectivity index (χ1) is 17.0. The number of benzene rings is 1. The molecule has 182 valence electrons. The number of ether oxygens (including phenoxy) is 1. The van der Waals surface area contributed by atoms with E-state index in [0.717, 1.165) is 61.0 Å². The van der Waals surface area contributed by atoms with Crippen LogP contribution in [0.5, 0.6) is 5.75 Å². The fourth-order valence-electron chi connectivity index (χ4n) is 5.09. The van der Waals surface area contributed by atoms with E-state index >= 15 is 0 Å². The molecule has 0 aliphatic carbocycles. The minimum atomic E-state index is 0.184. The number of anilines is 2.